The van der Waals surface area contributed by atoms with Crippen molar-refractivity contribution in [2.24, 2.45) is 0 Å². The second-order valence-corrected chi connectivity index (χ2v) is 5.38. The number of aromatic carboxylic acids is 1. The number of carbonyl (C=O) groups is 2. The molecule has 0 atom stereocenters. The summed E-state index contributed by atoms with van der Waals surface area (Å²) in [4.78, 5) is 23.5. The minimum atomic E-state index is -1.11. The number of carboxylic acid groups (broad SMARTS) is 1. The van der Waals surface area contributed by atoms with Crippen molar-refractivity contribution < 1.29 is 14.7 Å². The lowest BCUT2D eigenvalue weighted by Crippen LogP contribution is -2.16. The standard InChI is InChI=1S/C15H13BrN2O3/c1-8-10(3-2-4-12(8)17)14(19)18-13-6-5-9(16)7-11(13)15(20)21/h2-7H,17H2,1H3,(H,18,19)(H,20,21). The summed E-state index contributed by atoms with van der Waals surface area (Å²) < 4.78 is 0.623. The van der Waals surface area contributed by atoms with Gasteiger partial charge in [-0.3, -0.25) is 4.79 Å². The maximum absolute atomic E-state index is 12.3. The number of halogens is 1. The van der Waals surface area contributed by atoms with Crippen LogP contribution in [0.2, 0.25) is 0 Å². The Kier molecular flexibility index (Phi) is 4.28. The second-order valence-electron chi connectivity index (χ2n) is 4.47. The number of nitrogens with one attached hydrogen (secondary N) is 1. The summed E-state index contributed by atoms with van der Waals surface area (Å²) in [5.74, 6) is -1.51. The van der Waals surface area contributed by atoms with Crippen molar-refractivity contribution in [3.63, 3.8) is 0 Å². The summed E-state index contributed by atoms with van der Waals surface area (Å²) in [7, 11) is 0. The molecule has 108 valence electrons. The zero-order valence-corrected chi connectivity index (χ0v) is 12.8. The van der Waals surface area contributed by atoms with E-state index < -0.39 is 11.9 Å². The number of nitrogen functional groups attached to an aromatic ring is 1. The quantitative estimate of drug-likeness (QED) is 0.742. The van der Waals surface area contributed by atoms with Crippen LogP contribution in [-0.2, 0) is 0 Å². The molecule has 0 aliphatic carbocycles. The highest BCUT2D eigenvalue weighted by molar-refractivity contribution is 9.10. The van der Waals surface area contributed by atoms with Crippen LogP contribution in [0.1, 0.15) is 26.3 Å². The van der Waals surface area contributed by atoms with Crippen molar-refractivity contribution in [3.8, 4) is 0 Å². The van der Waals surface area contributed by atoms with Crippen LogP contribution in [0, 0.1) is 6.92 Å². The highest BCUT2D eigenvalue weighted by atomic mass is 79.9. The monoisotopic (exact) mass is 348 g/mol. The van der Waals surface area contributed by atoms with Crippen LogP contribution in [-0.4, -0.2) is 17.0 Å². The number of carboxylic acids is 1. The molecule has 0 bridgehead atoms. The van der Waals surface area contributed by atoms with Gasteiger partial charge in [-0.1, -0.05) is 22.0 Å². The lowest BCUT2D eigenvalue weighted by molar-refractivity contribution is 0.0698. The minimum absolute atomic E-state index is 0.0132. The molecule has 0 aromatic heterocycles. The maximum Gasteiger partial charge on any atom is 0.337 e. The van der Waals surface area contributed by atoms with Crippen LogP contribution in [0.5, 0.6) is 0 Å². The van der Waals surface area contributed by atoms with Gasteiger partial charge >= 0.3 is 5.97 Å². The molecule has 0 radical (unpaired) electrons. The van der Waals surface area contributed by atoms with Crippen molar-refractivity contribution >= 4 is 39.2 Å². The molecule has 0 fully saturated rings. The first-order chi connectivity index (χ1) is 9.90. The van der Waals surface area contributed by atoms with E-state index in [9.17, 15) is 14.7 Å². The molecule has 5 nitrogen and oxygen atoms in total. The van der Waals surface area contributed by atoms with Gasteiger partial charge in [-0.2, -0.15) is 0 Å². The van der Waals surface area contributed by atoms with Crippen molar-refractivity contribution in [3.05, 3.63) is 57.6 Å². The Balaban J connectivity index is 2.36. The lowest BCUT2D eigenvalue weighted by Gasteiger charge is -2.11. The van der Waals surface area contributed by atoms with E-state index in [-0.39, 0.29) is 11.3 Å². The van der Waals surface area contributed by atoms with E-state index in [1.165, 1.54) is 12.1 Å². The molecular formula is C15H13BrN2O3. The lowest BCUT2D eigenvalue weighted by atomic mass is 10.1. The largest absolute Gasteiger partial charge is 0.478 e. The number of carbonyl (C=O) groups excluding carboxylic acids is 1. The van der Waals surface area contributed by atoms with E-state index >= 15 is 0 Å². The van der Waals surface area contributed by atoms with Crippen molar-refractivity contribution in [1.82, 2.24) is 0 Å². The van der Waals surface area contributed by atoms with Gasteiger partial charge in [0.25, 0.3) is 5.91 Å². The molecular weight excluding hydrogens is 336 g/mol. The highest BCUT2D eigenvalue weighted by Gasteiger charge is 2.15. The number of benzene rings is 2. The third-order valence-electron chi connectivity index (χ3n) is 3.08. The molecule has 0 spiro atoms. The number of hydrogen-bond donors (Lipinski definition) is 3. The number of rotatable bonds is 3. The molecule has 1 amide bonds. The van der Waals surface area contributed by atoms with E-state index in [2.05, 4.69) is 21.2 Å². The van der Waals surface area contributed by atoms with E-state index in [0.29, 0.717) is 21.3 Å². The normalized spacial score (nSPS) is 10.2. The van der Waals surface area contributed by atoms with Crippen LogP contribution in [0.25, 0.3) is 0 Å². The third kappa shape index (κ3) is 3.22. The predicted molar refractivity (Wildman–Crippen MR) is 84.6 cm³/mol. The van der Waals surface area contributed by atoms with Crippen LogP contribution in [0.4, 0.5) is 11.4 Å². The second kappa shape index (κ2) is 5.97. The van der Waals surface area contributed by atoms with E-state index in [0.717, 1.165) is 0 Å². The Morgan fingerprint density at radius 3 is 2.57 bits per heavy atom. The number of amides is 1. The van der Waals surface area contributed by atoms with Crippen LogP contribution < -0.4 is 11.1 Å². The van der Waals surface area contributed by atoms with Crippen LogP contribution >= 0.6 is 15.9 Å². The molecule has 6 heteroatoms. The van der Waals surface area contributed by atoms with Gasteiger partial charge in [-0.05, 0) is 42.8 Å². The first-order valence-electron chi connectivity index (χ1n) is 6.09. The molecule has 0 aliphatic heterocycles. The molecule has 21 heavy (non-hydrogen) atoms. The fourth-order valence-corrected chi connectivity index (χ4v) is 2.25. The molecule has 2 rings (SSSR count). The summed E-state index contributed by atoms with van der Waals surface area (Å²) in [6, 6.07) is 9.65. The van der Waals surface area contributed by atoms with Crippen molar-refractivity contribution in [2.75, 3.05) is 11.1 Å². The summed E-state index contributed by atoms with van der Waals surface area (Å²) in [6.07, 6.45) is 0. The first-order valence-corrected chi connectivity index (χ1v) is 6.88. The average Bonchev–Trinajstić information content (AvgIpc) is 2.43. The fraction of sp³-hybridized carbons (Fsp3) is 0.0667. The summed E-state index contributed by atoms with van der Waals surface area (Å²) in [6.45, 7) is 1.74. The molecule has 0 unspecified atom stereocenters. The first kappa shape index (κ1) is 15.1. The summed E-state index contributed by atoms with van der Waals surface area (Å²) >= 11 is 3.20. The van der Waals surface area contributed by atoms with Gasteiger partial charge in [0.1, 0.15) is 0 Å². The number of hydrogen-bond acceptors (Lipinski definition) is 3. The van der Waals surface area contributed by atoms with E-state index in [1.807, 2.05) is 0 Å². The molecule has 4 N–H and O–H groups in total. The SMILES string of the molecule is Cc1c(N)cccc1C(=O)Nc1ccc(Br)cc1C(=O)O. The Labute approximate surface area is 129 Å². The predicted octanol–water partition coefficient (Wildman–Crippen LogP) is 3.29. The molecule has 0 aliphatic rings. The Morgan fingerprint density at radius 2 is 1.90 bits per heavy atom. The highest BCUT2D eigenvalue weighted by Crippen LogP contribution is 2.23. The van der Waals surface area contributed by atoms with Crippen molar-refractivity contribution in [1.29, 1.82) is 0 Å². The molecule has 0 heterocycles. The molecule has 0 saturated heterocycles. The Bertz CT molecular complexity index is 729. The minimum Gasteiger partial charge on any atom is -0.478 e. The van der Waals surface area contributed by atoms with Gasteiger partial charge in [0.15, 0.2) is 0 Å². The Hall–Kier alpha value is -2.34. The van der Waals surface area contributed by atoms with Gasteiger partial charge in [-0.15, -0.1) is 0 Å². The van der Waals surface area contributed by atoms with Gasteiger partial charge < -0.3 is 16.2 Å². The fourth-order valence-electron chi connectivity index (χ4n) is 1.89. The van der Waals surface area contributed by atoms with Crippen molar-refractivity contribution in [2.45, 2.75) is 6.92 Å². The smallest absolute Gasteiger partial charge is 0.337 e. The van der Waals surface area contributed by atoms with E-state index in [1.54, 1.807) is 31.2 Å². The zero-order valence-electron chi connectivity index (χ0n) is 11.2. The molecule has 0 saturated carbocycles. The maximum atomic E-state index is 12.3. The van der Waals surface area contributed by atoms with E-state index in [4.69, 9.17) is 5.73 Å². The van der Waals surface area contributed by atoms with Gasteiger partial charge in [0, 0.05) is 15.7 Å². The van der Waals surface area contributed by atoms with Gasteiger partial charge in [0.05, 0.1) is 11.3 Å². The average molecular weight is 349 g/mol. The Morgan fingerprint density at radius 1 is 1.19 bits per heavy atom. The topological polar surface area (TPSA) is 92.4 Å². The van der Waals surface area contributed by atoms with Crippen LogP contribution in [0.15, 0.2) is 40.9 Å². The number of nitrogens with two attached hydrogens (primary N) is 1. The van der Waals surface area contributed by atoms with Gasteiger partial charge in [0.2, 0.25) is 0 Å². The van der Waals surface area contributed by atoms with Gasteiger partial charge in [-0.25, -0.2) is 4.79 Å². The van der Waals surface area contributed by atoms with Crippen LogP contribution in [0.3, 0.4) is 0 Å². The third-order valence-corrected chi connectivity index (χ3v) is 3.57. The number of anilines is 2. The zero-order chi connectivity index (χ0) is 15.6. The molecule has 2 aromatic carbocycles. The molecule has 2 aromatic rings. The summed E-state index contributed by atoms with van der Waals surface area (Å²) in [5.41, 5.74) is 7.60. The summed E-state index contributed by atoms with van der Waals surface area (Å²) in [5, 5.41) is 11.8.